The number of ether oxygens (including phenoxy) is 1. The number of aromatic nitrogens is 3. The largest absolute Gasteiger partial charge is 0.490 e. The Morgan fingerprint density at radius 3 is 2.10 bits per heavy atom. The lowest BCUT2D eigenvalue weighted by Crippen LogP contribution is -1.99. The van der Waals surface area contributed by atoms with E-state index in [1.807, 2.05) is 6.20 Å². The zero-order valence-corrected chi connectivity index (χ0v) is 20.1. The van der Waals surface area contributed by atoms with E-state index < -0.39 is 0 Å². The van der Waals surface area contributed by atoms with Gasteiger partial charge in [0.1, 0.15) is 0 Å². The molecule has 2 aromatic rings. The molecule has 2 heterocycles. The molecular formula is C27H43N3O. The fourth-order valence-electron chi connectivity index (χ4n) is 3.71. The highest BCUT2D eigenvalue weighted by Crippen LogP contribution is 2.17. The van der Waals surface area contributed by atoms with Gasteiger partial charge in [0.2, 0.25) is 0 Å². The third-order valence-corrected chi connectivity index (χ3v) is 5.69. The van der Waals surface area contributed by atoms with Crippen LogP contribution in [-0.4, -0.2) is 21.6 Å². The van der Waals surface area contributed by atoms with Crippen molar-refractivity contribution in [3.63, 3.8) is 0 Å². The third-order valence-electron chi connectivity index (χ3n) is 5.69. The maximum Gasteiger partial charge on any atom is 0.160 e. The monoisotopic (exact) mass is 425 g/mol. The van der Waals surface area contributed by atoms with Crippen molar-refractivity contribution in [2.75, 3.05) is 6.61 Å². The van der Waals surface area contributed by atoms with E-state index in [-0.39, 0.29) is 0 Å². The van der Waals surface area contributed by atoms with E-state index >= 15 is 0 Å². The first-order valence-electron chi connectivity index (χ1n) is 12.6. The zero-order chi connectivity index (χ0) is 22.2. The Hall–Kier alpha value is -1.97. The van der Waals surface area contributed by atoms with Crippen LogP contribution in [0.1, 0.15) is 104 Å². The fourth-order valence-corrected chi connectivity index (χ4v) is 3.71. The summed E-state index contributed by atoms with van der Waals surface area (Å²) in [6.07, 6.45) is 22.0. The lowest BCUT2D eigenvalue weighted by Gasteiger charge is -2.07. The maximum atomic E-state index is 5.79. The summed E-state index contributed by atoms with van der Waals surface area (Å²) < 4.78 is 5.79. The topological polar surface area (TPSA) is 47.9 Å². The number of aryl methyl sites for hydroxylation is 1. The van der Waals surface area contributed by atoms with Crippen molar-refractivity contribution in [2.45, 2.75) is 104 Å². The van der Waals surface area contributed by atoms with Crippen LogP contribution < -0.4 is 4.74 Å². The van der Waals surface area contributed by atoms with Gasteiger partial charge < -0.3 is 4.74 Å². The molecule has 0 aromatic carbocycles. The number of nitrogens with zero attached hydrogens (tertiary/aromatic N) is 3. The fraction of sp³-hybridized carbons (Fsp3) is 0.667. The minimum Gasteiger partial charge on any atom is -0.490 e. The average molecular weight is 426 g/mol. The van der Waals surface area contributed by atoms with Crippen molar-refractivity contribution in [3.8, 4) is 17.1 Å². The highest BCUT2D eigenvalue weighted by Gasteiger charge is 2.04. The SMILES string of the molecule is CCCCCCCCCOc1cnc(-c2ccc(CCCCCCC(C)C)nc2)nc1. The normalized spacial score (nSPS) is 11.2. The highest BCUT2D eigenvalue weighted by atomic mass is 16.5. The van der Waals surface area contributed by atoms with Gasteiger partial charge in [-0.3, -0.25) is 4.98 Å². The molecular weight excluding hydrogens is 382 g/mol. The summed E-state index contributed by atoms with van der Waals surface area (Å²) >= 11 is 0. The second-order valence-corrected chi connectivity index (χ2v) is 9.10. The molecule has 4 heteroatoms. The molecule has 0 N–H and O–H groups in total. The summed E-state index contributed by atoms with van der Waals surface area (Å²) in [5.74, 6) is 2.27. The van der Waals surface area contributed by atoms with Crippen LogP contribution in [0, 0.1) is 5.92 Å². The number of hydrogen-bond donors (Lipinski definition) is 0. The minimum atomic E-state index is 0.705. The highest BCUT2D eigenvalue weighted by molar-refractivity contribution is 5.53. The summed E-state index contributed by atoms with van der Waals surface area (Å²) in [5, 5.41) is 0. The molecule has 0 unspecified atom stereocenters. The van der Waals surface area contributed by atoms with Gasteiger partial charge in [-0.15, -0.1) is 0 Å². The van der Waals surface area contributed by atoms with Crippen LogP contribution in [0.3, 0.4) is 0 Å². The van der Waals surface area contributed by atoms with E-state index in [1.54, 1.807) is 12.4 Å². The molecule has 0 aliphatic heterocycles. The molecule has 172 valence electrons. The molecule has 4 nitrogen and oxygen atoms in total. The van der Waals surface area contributed by atoms with Crippen LogP contribution in [0.25, 0.3) is 11.4 Å². The first kappa shape index (κ1) is 25.3. The first-order chi connectivity index (χ1) is 15.2. The van der Waals surface area contributed by atoms with Crippen LogP contribution in [0.4, 0.5) is 0 Å². The second kappa shape index (κ2) is 15.8. The summed E-state index contributed by atoms with van der Waals surface area (Å²) in [7, 11) is 0. The van der Waals surface area contributed by atoms with Crippen LogP contribution in [0.5, 0.6) is 5.75 Å². The van der Waals surface area contributed by atoms with Gasteiger partial charge in [-0.1, -0.05) is 85.0 Å². The van der Waals surface area contributed by atoms with Gasteiger partial charge >= 0.3 is 0 Å². The quantitative estimate of drug-likeness (QED) is 0.242. The van der Waals surface area contributed by atoms with Gasteiger partial charge in [0.05, 0.1) is 19.0 Å². The minimum absolute atomic E-state index is 0.705. The van der Waals surface area contributed by atoms with Crippen molar-refractivity contribution >= 4 is 0 Å². The van der Waals surface area contributed by atoms with E-state index in [4.69, 9.17) is 4.74 Å². The molecule has 0 aliphatic carbocycles. The van der Waals surface area contributed by atoms with Crippen molar-refractivity contribution in [3.05, 3.63) is 36.4 Å². The number of rotatable bonds is 17. The van der Waals surface area contributed by atoms with E-state index in [9.17, 15) is 0 Å². The predicted octanol–water partition coefficient (Wildman–Crippen LogP) is 7.82. The molecule has 0 fully saturated rings. The van der Waals surface area contributed by atoms with Crippen LogP contribution in [0.15, 0.2) is 30.7 Å². The molecule has 0 radical (unpaired) electrons. The van der Waals surface area contributed by atoms with Crippen molar-refractivity contribution in [1.82, 2.24) is 15.0 Å². The van der Waals surface area contributed by atoms with Crippen molar-refractivity contribution < 1.29 is 4.74 Å². The molecule has 0 saturated carbocycles. The Balaban J connectivity index is 1.64. The Kier molecular flexibility index (Phi) is 12.9. The molecule has 0 atom stereocenters. The van der Waals surface area contributed by atoms with Gasteiger partial charge in [0, 0.05) is 17.5 Å². The van der Waals surface area contributed by atoms with Gasteiger partial charge in [0.25, 0.3) is 0 Å². The average Bonchev–Trinajstić information content (AvgIpc) is 2.78. The van der Waals surface area contributed by atoms with Crippen LogP contribution in [0.2, 0.25) is 0 Å². The van der Waals surface area contributed by atoms with E-state index in [0.717, 1.165) is 42.4 Å². The second-order valence-electron chi connectivity index (χ2n) is 9.10. The maximum absolute atomic E-state index is 5.79. The third kappa shape index (κ3) is 11.3. The summed E-state index contributed by atoms with van der Waals surface area (Å²) in [6, 6.07) is 4.19. The smallest absolute Gasteiger partial charge is 0.160 e. The molecule has 0 amide bonds. The summed E-state index contributed by atoms with van der Waals surface area (Å²) in [5.41, 5.74) is 2.11. The van der Waals surface area contributed by atoms with Crippen molar-refractivity contribution in [2.24, 2.45) is 5.92 Å². The van der Waals surface area contributed by atoms with Gasteiger partial charge in [-0.2, -0.15) is 0 Å². The molecule has 2 aromatic heterocycles. The lowest BCUT2D eigenvalue weighted by atomic mass is 10.0. The van der Waals surface area contributed by atoms with E-state index in [0.29, 0.717) is 5.82 Å². The van der Waals surface area contributed by atoms with Crippen LogP contribution >= 0.6 is 0 Å². The molecule has 0 spiro atoms. The lowest BCUT2D eigenvalue weighted by molar-refractivity contribution is 0.302. The van der Waals surface area contributed by atoms with Crippen LogP contribution in [-0.2, 0) is 6.42 Å². The molecule has 0 aliphatic rings. The zero-order valence-electron chi connectivity index (χ0n) is 20.1. The van der Waals surface area contributed by atoms with E-state index in [1.165, 1.54) is 70.6 Å². The predicted molar refractivity (Wildman–Crippen MR) is 130 cm³/mol. The molecule has 31 heavy (non-hydrogen) atoms. The van der Waals surface area contributed by atoms with Gasteiger partial charge in [-0.25, -0.2) is 9.97 Å². The standard InChI is InChI=1S/C27H43N3O/c1-4-5-6-7-8-11-14-19-31-26-21-29-27(30-22-26)24-17-18-25(28-20-24)16-13-10-9-12-15-23(2)3/h17-18,20-23H,4-16,19H2,1-3H3. The molecule has 0 bridgehead atoms. The Labute approximate surface area is 190 Å². The summed E-state index contributed by atoms with van der Waals surface area (Å²) in [6.45, 7) is 7.59. The number of hydrogen-bond acceptors (Lipinski definition) is 4. The molecule has 2 rings (SSSR count). The number of unbranched alkanes of at least 4 members (excludes halogenated alkanes) is 9. The Bertz CT molecular complexity index is 683. The van der Waals surface area contributed by atoms with E-state index in [2.05, 4.69) is 47.9 Å². The number of pyridine rings is 1. The Morgan fingerprint density at radius 2 is 1.42 bits per heavy atom. The van der Waals surface area contributed by atoms with Gasteiger partial charge in [0.15, 0.2) is 11.6 Å². The first-order valence-corrected chi connectivity index (χ1v) is 12.6. The molecule has 0 saturated heterocycles. The summed E-state index contributed by atoms with van der Waals surface area (Å²) in [4.78, 5) is 13.5. The van der Waals surface area contributed by atoms with Gasteiger partial charge in [-0.05, 0) is 37.3 Å². The van der Waals surface area contributed by atoms with Crippen molar-refractivity contribution in [1.29, 1.82) is 0 Å². The Morgan fingerprint density at radius 1 is 0.742 bits per heavy atom.